The Bertz CT molecular complexity index is 1250. The number of pyridine rings is 1. The largest absolute Gasteiger partial charge is 0.507 e. The smallest absolute Gasteiger partial charge is 0.300 e. The lowest BCUT2D eigenvalue weighted by atomic mass is 9.96. The number of benzene rings is 2. The number of aryl methyl sites for hydroxylation is 2. The van der Waals surface area contributed by atoms with Crippen LogP contribution in [0.25, 0.3) is 5.76 Å². The Labute approximate surface area is 193 Å². The summed E-state index contributed by atoms with van der Waals surface area (Å²) in [7, 11) is 0. The van der Waals surface area contributed by atoms with Gasteiger partial charge in [0.15, 0.2) is 0 Å². The number of ether oxygens (including phenoxy) is 1. The van der Waals surface area contributed by atoms with Crippen molar-refractivity contribution < 1.29 is 19.4 Å². The molecule has 0 aliphatic carbocycles. The predicted octanol–water partition coefficient (Wildman–Crippen LogP) is 5.11. The summed E-state index contributed by atoms with van der Waals surface area (Å²) in [6.07, 6.45) is 3.18. The zero-order valence-corrected chi connectivity index (χ0v) is 19.1. The molecule has 1 saturated heterocycles. The Morgan fingerprint density at radius 1 is 1.03 bits per heavy atom. The molecule has 0 bridgehead atoms. The van der Waals surface area contributed by atoms with Crippen molar-refractivity contribution in [1.82, 2.24) is 4.98 Å². The van der Waals surface area contributed by atoms with Crippen molar-refractivity contribution in [3.63, 3.8) is 0 Å². The highest BCUT2D eigenvalue weighted by Gasteiger charge is 2.47. The zero-order valence-electron chi connectivity index (χ0n) is 19.1. The highest BCUT2D eigenvalue weighted by molar-refractivity contribution is 6.51. The van der Waals surface area contributed by atoms with Crippen LogP contribution in [0.5, 0.6) is 5.75 Å². The summed E-state index contributed by atoms with van der Waals surface area (Å²) in [6, 6.07) is 15.2. The van der Waals surface area contributed by atoms with Crippen LogP contribution in [-0.4, -0.2) is 27.9 Å². The molecule has 1 atom stereocenters. The second-order valence-corrected chi connectivity index (χ2v) is 8.42. The topological polar surface area (TPSA) is 79.7 Å². The van der Waals surface area contributed by atoms with E-state index in [9.17, 15) is 14.7 Å². The molecule has 33 heavy (non-hydrogen) atoms. The number of carbonyl (C=O) groups is 2. The minimum absolute atomic E-state index is 0.0212. The summed E-state index contributed by atoms with van der Waals surface area (Å²) < 4.78 is 5.74. The minimum atomic E-state index is -0.810. The molecule has 0 saturated carbocycles. The number of carbonyl (C=O) groups excluding carboxylic acids is 2. The van der Waals surface area contributed by atoms with Gasteiger partial charge in [0.1, 0.15) is 11.5 Å². The predicted molar refractivity (Wildman–Crippen MR) is 127 cm³/mol. The van der Waals surface area contributed by atoms with Crippen LogP contribution >= 0.6 is 0 Å². The van der Waals surface area contributed by atoms with Crippen molar-refractivity contribution in [2.75, 3.05) is 4.90 Å². The molecule has 2 heterocycles. The van der Waals surface area contributed by atoms with Crippen molar-refractivity contribution in [3.05, 3.63) is 94.8 Å². The van der Waals surface area contributed by atoms with Crippen LogP contribution in [-0.2, 0) is 9.59 Å². The van der Waals surface area contributed by atoms with Crippen LogP contribution in [0.4, 0.5) is 5.69 Å². The summed E-state index contributed by atoms with van der Waals surface area (Å²) in [5.74, 6) is -1.11. The van der Waals surface area contributed by atoms with E-state index in [1.54, 1.807) is 48.8 Å². The lowest BCUT2D eigenvalue weighted by molar-refractivity contribution is -0.132. The first-order valence-electron chi connectivity index (χ1n) is 10.8. The molecule has 3 aromatic rings. The maximum atomic E-state index is 13.2. The zero-order chi connectivity index (χ0) is 23.7. The molecule has 6 heteroatoms. The number of anilines is 1. The van der Waals surface area contributed by atoms with E-state index in [0.717, 1.165) is 11.1 Å². The average Bonchev–Trinajstić information content (AvgIpc) is 3.06. The van der Waals surface area contributed by atoms with Crippen molar-refractivity contribution in [3.8, 4) is 5.75 Å². The molecule has 1 aliphatic rings. The summed E-state index contributed by atoms with van der Waals surface area (Å²) in [5, 5.41) is 11.3. The number of nitrogens with zero attached hydrogens (tertiary/aromatic N) is 2. The molecule has 2 aromatic carbocycles. The van der Waals surface area contributed by atoms with Gasteiger partial charge in [-0.2, -0.15) is 0 Å². The summed E-state index contributed by atoms with van der Waals surface area (Å²) in [4.78, 5) is 32.1. The van der Waals surface area contributed by atoms with Crippen LogP contribution in [0.15, 0.2) is 72.6 Å². The molecule has 1 amide bonds. The Hall–Kier alpha value is -3.93. The highest BCUT2D eigenvalue weighted by atomic mass is 16.5. The average molecular weight is 443 g/mol. The first kappa shape index (κ1) is 22.3. The van der Waals surface area contributed by atoms with Crippen LogP contribution < -0.4 is 9.64 Å². The third kappa shape index (κ3) is 4.24. The summed E-state index contributed by atoms with van der Waals surface area (Å²) in [6.45, 7) is 7.75. The van der Waals surface area contributed by atoms with Crippen LogP contribution in [0.2, 0.25) is 0 Å². The van der Waals surface area contributed by atoms with Gasteiger partial charge < -0.3 is 9.84 Å². The van der Waals surface area contributed by atoms with Crippen molar-refractivity contribution >= 4 is 23.1 Å². The molecule has 1 aliphatic heterocycles. The highest BCUT2D eigenvalue weighted by Crippen LogP contribution is 2.42. The standard InChI is InChI=1S/C27H26N2O4/c1-16(2)33-22-9-5-7-19(14-22)25(30)23-24(20-8-6-12-28-15-20)29(27(32)26(23)31)21-11-10-17(3)18(4)13-21/h5-16,24,30H,1-4H3/b25-23+. The van der Waals surface area contributed by atoms with Crippen molar-refractivity contribution in [2.24, 2.45) is 0 Å². The Morgan fingerprint density at radius 2 is 1.82 bits per heavy atom. The number of amides is 1. The first-order chi connectivity index (χ1) is 15.8. The van der Waals surface area contributed by atoms with E-state index in [1.165, 1.54) is 4.90 Å². The fourth-order valence-corrected chi connectivity index (χ4v) is 3.97. The Morgan fingerprint density at radius 3 is 2.48 bits per heavy atom. The van der Waals surface area contributed by atoms with Gasteiger partial charge in [-0.15, -0.1) is 0 Å². The lowest BCUT2D eigenvalue weighted by Gasteiger charge is -2.25. The third-order valence-corrected chi connectivity index (χ3v) is 5.69. The van der Waals surface area contributed by atoms with Gasteiger partial charge in [-0.25, -0.2) is 0 Å². The first-order valence-corrected chi connectivity index (χ1v) is 10.8. The molecule has 1 N–H and O–H groups in total. The Balaban J connectivity index is 1.90. The molecule has 4 rings (SSSR count). The molecule has 168 valence electrons. The number of Topliss-reactive ketones (excluding diaryl/α,β-unsaturated/α-hetero) is 1. The van der Waals surface area contributed by atoms with E-state index < -0.39 is 17.7 Å². The number of aliphatic hydroxyl groups is 1. The molecule has 1 unspecified atom stereocenters. The van der Waals surface area contributed by atoms with E-state index in [2.05, 4.69) is 4.98 Å². The minimum Gasteiger partial charge on any atom is -0.507 e. The summed E-state index contributed by atoms with van der Waals surface area (Å²) >= 11 is 0. The molecule has 0 spiro atoms. The fourth-order valence-electron chi connectivity index (χ4n) is 3.97. The van der Waals surface area contributed by atoms with E-state index in [-0.39, 0.29) is 17.4 Å². The van der Waals surface area contributed by atoms with Gasteiger partial charge in [-0.3, -0.25) is 19.5 Å². The maximum Gasteiger partial charge on any atom is 0.300 e. The maximum absolute atomic E-state index is 13.2. The molecular formula is C27H26N2O4. The number of aromatic nitrogens is 1. The van der Waals surface area contributed by atoms with E-state index in [4.69, 9.17) is 4.74 Å². The van der Waals surface area contributed by atoms with Gasteiger partial charge in [0, 0.05) is 23.6 Å². The second kappa shape index (κ2) is 8.90. The number of ketones is 1. The third-order valence-electron chi connectivity index (χ3n) is 5.69. The van der Waals surface area contributed by atoms with Gasteiger partial charge in [0.25, 0.3) is 11.7 Å². The SMILES string of the molecule is Cc1ccc(N2C(=O)C(=O)/C(=C(/O)c3cccc(OC(C)C)c3)C2c2cccnc2)cc1C. The lowest BCUT2D eigenvalue weighted by Crippen LogP contribution is -2.29. The van der Waals surface area contributed by atoms with Gasteiger partial charge >= 0.3 is 0 Å². The molecule has 6 nitrogen and oxygen atoms in total. The number of hydrogen-bond acceptors (Lipinski definition) is 5. The van der Waals surface area contributed by atoms with Crippen molar-refractivity contribution in [1.29, 1.82) is 0 Å². The van der Waals surface area contributed by atoms with Gasteiger partial charge in [0.2, 0.25) is 0 Å². The van der Waals surface area contributed by atoms with Gasteiger partial charge in [-0.05, 0) is 74.7 Å². The number of aliphatic hydroxyl groups excluding tert-OH is 1. The van der Waals surface area contributed by atoms with E-state index >= 15 is 0 Å². The van der Waals surface area contributed by atoms with Gasteiger partial charge in [0.05, 0.1) is 17.7 Å². The normalized spacial score (nSPS) is 17.6. The number of hydrogen-bond donors (Lipinski definition) is 1. The Kier molecular flexibility index (Phi) is 6.01. The van der Waals surface area contributed by atoms with Gasteiger partial charge in [-0.1, -0.05) is 24.3 Å². The second-order valence-electron chi connectivity index (χ2n) is 8.42. The summed E-state index contributed by atoms with van der Waals surface area (Å²) in [5.41, 5.74) is 3.72. The quantitative estimate of drug-likeness (QED) is 0.337. The molecule has 0 radical (unpaired) electrons. The van der Waals surface area contributed by atoms with E-state index in [1.807, 2.05) is 45.9 Å². The molecular weight excluding hydrogens is 416 g/mol. The fraction of sp³-hybridized carbons (Fsp3) is 0.222. The van der Waals surface area contributed by atoms with Crippen LogP contribution in [0.1, 0.15) is 42.1 Å². The molecule has 1 fully saturated rings. The molecule has 1 aromatic heterocycles. The van der Waals surface area contributed by atoms with Crippen molar-refractivity contribution in [2.45, 2.75) is 39.8 Å². The monoisotopic (exact) mass is 442 g/mol. The van der Waals surface area contributed by atoms with E-state index in [0.29, 0.717) is 22.6 Å². The van der Waals surface area contributed by atoms with Crippen LogP contribution in [0.3, 0.4) is 0 Å². The van der Waals surface area contributed by atoms with Crippen LogP contribution in [0, 0.1) is 13.8 Å². The number of rotatable bonds is 5.